The standard InChI is InChI=1S/C31H48O2S2.C26H29NO/c1-27(2,3)21-15-19(16-22(25(21)32)28(4,5)6)34-31(13,14)35-20-17-23(29(7,8)9)26(33)24(18-20)30(10,11)12;1-4-25(21-11-7-5-8-12-21)26(22-13-9-6-10-14-22)23-15-17-24(18-16-23)28-20-19-27(2)3/h15-18,32-33H,1-14H3;5-18H,4,19-20H2,1-3H3/b;26-25-. The maximum Gasteiger partial charge on any atom is 0.123 e. The van der Waals surface area contributed by atoms with Gasteiger partial charge in [0.15, 0.2) is 0 Å². The Kier molecular flexibility index (Phi) is 17.0. The number of likely N-dealkylation sites (N-methyl/N-ethyl adjacent to an activating group) is 1. The second kappa shape index (κ2) is 20.8. The van der Waals surface area contributed by atoms with Crippen LogP contribution in [0.2, 0.25) is 0 Å². The number of phenols is 2. The molecule has 0 spiro atoms. The number of hydrogen-bond acceptors (Lipinski definition) is 6. The Balaban J connectivity index is 0.000000283. The van der Waals surface area contributed by atoms with Gasteiger partial charge in [-0.2, -0.15) is 0 Å². The predicted octanol–water partition coefficient (Wildman–Crippen LogP) is 15.9. The lowest BCUT2D eigenvalue weighted by atomic mass is 9.79. The summed E-state index contributed by atoms with van der Waals surface area (Å²) in [5.74, 6) is 1.75. The molecule has 2 N–H and O–H groups in total. The van der Waals surface area contributed by atoms with Crippen molar-refractivity contribution in [3.8, 4) is 17.2 Å². The number of thioether (sulfide) groups is 2. The number of hydrogen-bond donors (Lipinski definition) is 2. The van der Waals surface area contributed by atoms with E-state index in [1.54, 1.807) is 0 Å². The maximum absolute atomic E-state index is 11.1. The first kappa shape index (κ1) is 51.5. The molecule has 0 fully saturated rings. The number of benzene rings is 5. The van der Waals surface area contributed by atoms with Crippen LogP contribution in [0.1, 0.15) is 149 Å². The van der Waals surface area contributed by atoms with Crippen LogP contribution < -0.4 is 4.74 Å². The molecule has 0 saturated heterocycles. The van der Waals surface area contributed by atoms with E-state index in [1.165, 1.54) is 37.6 Å². The van der Waals surface area contributed by atoms with Gasteiger partial charge in [-0.15, -0.1) is 23.5 Å². The summed E-state index contributed by atoms with van der Waals surface area (Å²) < 4.78 is 5.71. The first-order chi connectivity index (χ1) is 29.1. The molecule has 0 aliphatic heterocycles. The second-order valence-corrected chi connectivity index (χ2v) is 25.1. The molecule has 0 heterocycles. The summed E-state index contributed by atoms with van der Waals surface area (Å²) in [5, 5.41) is 22.2. The molecule has 340 valence electrons. The SMILES string of the molecule is CC(C)(Sc1cc(C(C)(C)C)c(O)c(C(C)(C)C)c1)Sc1cc(C(C)(C)C)c(O)c(C(C)(C)C)c1.CC/C(=C(\c1ccccc1)c1ccc(OCCN(C)C)cc1)c1ccccc1. The van der Waals surface area contributed by atoms with E-state index in [0.29, 0.717) is 18.1 Å². The van der Waals surface area contributed by atoms with Crippen LogP contribution in [0, 0.1) is 0 Å². The van der Waals surface area contributed by atoms with Crippen LogP contribution >= 0.6 is 23.5 Å². The molecule has 0 radical (unpaired) electrons. The van der Waals surface area contributed by atoms with Crippen LogP contribution in [-0.4, -0.2) is 46.4 Å². The smallest absolute Gasteiger partial charge is 0.123 e. The van der Waals surface area contributed by atoms with Gasteiger partial charge >= 0.3 is 0 Å². The molecule has 4 nitrogen and oxygen atoms in total. The first-order valence-electron chi connectivity index (χ1n) is 22.5. The van der Waals surface area contributed by atoms with Crippen molar-refractivity contribution in [2.45, 2.75) is 146 Å². The van der Waals surface area contributed by atoms with Gasteiger partial charge in [0, 0.05) is 38.6 Å². The Morgan fingerprint density at radius 1 is 0.508 bits per heavy atom. The zero-order valence-corrected chi connectivity index (χ0v) is 43.2. The highest BCUT2D eigenvalue weighted by Crippen LogP contribution is 2.51. The van der Waals surface area contributed by atoms with Gasteiger partial charge in [-0.25, -0.2) is 0 Å². The average Bonchev–Trinajstić information content (AvgIpc) is 3.17. The predicted molar refractivity (Wildman–Crippen MR) is 276 cm³/mol. The second-order valence-electron chi connectivity index (χ2n) is 21.5. The van der Waals surface area contributed by atoms with Crippen molar-refractivity contribution in [2.75, 3.05) is 27.2 Å². The fourth-order valence-electron chi connectivity index (χ4n) is 7.56. The van der Waals surface area contributed by atoms with Gasteiger partial charge < -0.3 is 19.8 Å². The normalized spacial score (nSPS) is 13.0. The van der Waals surface area contributed by atoms with Gasteiger partial charge in [-0.1, -0.05) is 163 Å². The van der Waals surface area contributed by atoms with E-state index in [9.17, 15) is 10.2 Å². The maximum atomic E-state index is 11.1. The van der Waals surface area contributed by atoms with Crippen LogP contribution in [0.15, 0.2) is 119 Å². The highest BCUT2D eigenvalue weighted by atomic mass is 32.2. The van der Waals surface area contributed by atoms with E-state index in [0.717, 1.165) is 41.0 Å². The molecular weight excluding hydrogens is 811 g/mol. The van der Waals surface area contributed by atoms with Crippen molar-refractivity contribution in [1.82, 2.24) is 4.90 Å². The molecule has 0 aromatic heterocycles. The minimum absolute atomic E-state index is 0.155. The molecule has 0 unspecified atom stereocenters. The molecule has 5 aromatic rings. The lowest BCUT2D eigenvalue weighted by molar-refractivity contribution is 0.261. The summed E-state index contributed by atoms with van der Waals surface area (Å²) in [6, 6.07) is 38.5. The Bertz CT molecular complexity index is 2130. The monoisotopic (exact) mass is 888 g/mol. The molecule has 0 aliphatic rings. The summed E-state index contributed by atoms with van der Waals surface area (Å²) in [4.78, 5) is 4.46. The molecule has 0 bridgehead atoms. The van der Waals surface area contributed by atoms with Crippen molar-refractivity contribution in [2.24, 2.45) is 0 Å². The number of ether oxygens (including phenoxy) is 1. The molecular formula is C57H77NO3S2. The van der Waals surface area contributed by atoms with Crippen LogP contribution in [0.25, 0.3) is 11.1 Å². The van der Waals surface area contributed by atoms with Crippen molar-refractivity contribution >= 4 is 34.7 Å². The fourth-order valence-corrected chi connectivity index (χ4v) is 10.1. The van der Waals surface area contributed by atoms with Crippen molar-refractivity contribution in [3.63, 3.8) is 0 Å². The third-order valence-corrected chi connectivity index (χ3v) is 13.3. The highest BCUT2D eigenvalue weighted by Gasteiger charge is 2.31. The minimum Gasteiger partial charge on any atom is -0.507 e. The zero-order valence-electron chi connectivity index (χ0n) is 41.6. The van der Waals surface area contributed by atoms with Gasteiger partial charge in [0.05, 0.1) is 4.08 Å². The molecule has 63 heavy (non-hydrogen) atoms. The molecule has 5 aromatic carbocycles. The summed E-state index contributed by atoms with van der Waals surface area (Å²) in [7, 11) is 4.11. The largest absolute Gasteiger partial charge is 0.507 e. The average molecular weight is 888 g/mol. The van der Waals surface area contributed by atoms with E-state index in [1.807, 2.05) is 23.5 Å². The number of allylic oxidation sites excluding steroid dienone is 1. The van der Waals surface area contributed by atoms with Gasteiger partial charge in [0.2, 0.25) is 0 Å². The van der Waals surface area contributed by atoms with E-state index in [2.05, 4.69) is 232 Å². The van der Waals surface area contributed by atoms with Crippen LogP contribution in [0.4, 0.5) is 0 Å². The minimum atomic E-state index is -0.164. The van der Waals surface area contributed by atoms with Gasteiger partial charge in [0.1, 0.15) is 23.9 Å². The molecule has 0 amide bonds. The quantitative estimate of drug-likeness (QED) is 0.0739. The summed E-state index contributed by atoms with van der Waals surface area (Å²) in [6.45, 7) is 34.2. The fraction of sp³-hybridized carbons (Fsp3) is 0.439. The van der Waals surface area contributed by atoms with E-state index < -0.39 is 0 Å². The van der Waals surface area contributed by atoms with Crippen molar-refractivity contribution in [3.05, 3.63) is 148 Å². The number of phenolic OH excluding ortho intramolecular Hbond substituents is 2. The molecule has 5 rings (SSSR count). The number of rotatable bonds is 12. The lowest BCUT2D eigenvalue weighted by Gasteiger charge is -2.31. The molecule has 0 aliphatic carbocycles. The molecule has 0 atom stereocenters. The highest BCUT2D eigenvalue weighted by molar-refractivity contribution is 8.18. The Morgan fingerprint density at radius 2 is 0.857 bits per heavy atom. The van der Waals surface area contributed by atoms with E-state index in [4.69, 9.17) is 4.74 Å². The van der Waals surface area contributed by atoms with E-state index >= 15 is 0 Å². The number of nitrogens with zero attached hydrogens (tertiary/aromatic N) is 1. The lowest BCUT2D eigenvalue weighted by Crippen LogP contribution is -2.19. The van der Waals surface area contributed by atoms with Crippen LogP contribution in [0.5, 0.6) is 17.2 Å². The van der Waals surface area contributed by atoms with E-state index in [-0.39, 0.29) is 25.7 Å². The van der Waals surface area contributed by atoms with Gasteiger partial charge in [-0.05, 0) is 120 Å². The third kappa shape index (κ3) is 14.4. The summed E-state index contributed by atoms with van der Waals surface area (Å²) in [5.41, 5.74) is 9.71. The summed E-state index contributed by atoms with van der Waals surface area (Å²) in [6.07, 6.45) is 0.968. The Morgan fingerprint density at radius 3 is 1.19 bits per heavy atom. The topological polar surface area (TPSA) is 52.9 Å². The zero-order chi connectivity index (χ0) is 47.1. The first-order valence-corrected chi connectivity index (χ1v) is 24.1. The number of aromatic hydroxyl groups is 2. The van der Waals surface area contributed by atoms with Gasteiger partial charge in [0.25, 0.3) is 0 Å². The molecule has 0 saturated carbocycles. The van der Waals surface area contributed by atoms with Gasteiger partial charge in [-0.3, -0.25) is 0 Å². The van der Waals surface area contributed by atoms with Crippen LogP contribution in [-0.2, 0) is 21.7 Å². The Hall–Kier alpha value is -4.10. The Labute approximate surface area is 391 Å². The van der Waals surface area contributed by atoms with Crippen LogP contribution in [0.3, 0.4) is 0 Å². The van der Waals surface area contributed by atoms with Crippen molar-refractivity contribution < 1.29 is 14.9 Å². The van der Waals surface area contributed by atoms with Crippen molar-refractivity contribution in [1.29, 1.82) is 0 Å². The third-order valence-electron chi connectivity index (χ3n) is 10.9. The molecule has 6 heteroatoms. The summed E-state index contributed by atoms with van der Waals surface area (Å²) >= 11 is 3.66.